The number of aromatic nitrogens is 1. The van der Waals surface area contributed by atoms with Gasteiger partial charge in [-0.3, -0.25) is 4.79 Å². The Morgan fingerprint density at radius 2 is 1.68 bits per heavy atom. The van der Waals surface area contributed by atoms with Crippen molar-refractivity contribution in [2.75, 3.05) is 5.32 Å². The lowest BCUT2D eigenvalue weighted by atomic mass is 10.1. The maximum Gasteiger partial charge on any atom is 0.253 e. The fourth-order valence-corrected chi connectivity index (χ4v) is 2.73. The fraction of sp³-hybridized carbons (Fsp3) is 0.211. The molecule has 1 heterocycles. The number of pyridine rings is 1. The Balaban J connectivity index is 1.92. The molecule has 0 aliphatic heterocycles. The SMILES string of the molecule is Cc1ccc(NCc2cc3cc(C)cc(C)c3[nH]c2=O)cc1. The Kier molecular flexibility index (Phi) is 3.72. The second-order valence-electron chi connectivity index (χ2n) is 5.89. The van der Waals surface area contributed by atoms with Crippen molar-refractivity contribution in [2.24, 2.45) is 0 Å². The third-order valence-electron chi connectivity index (χ3n) is 3.90. The lowest BCUT2D eigenvalue weighted by Gasteiger charge is -2.09. The predicted molar refractivity (Wildman–Crippen MR) is 92.5 cm³/mol. The van der Waals surface area contributed by atoms with Gasteiger partial charge >= 0.3 is 0 Å². The number of hydrogen-bond acceptors (Lipinski definition) is 2. The molecule has 3 heteroatoms. The Labute approximate surface area is 130 Å². The number of benzene rings is 2. The summed E-state index contributed by atoms with van der Waals surface area (Å²) in [5.41, 5.74) is 6.19. The molecule has 112 valence electrons. The van der Waals surface area contributed by atoms with Crippen molar-refractivity contribution in [3.05, 3.63) is 75.1 Å². The smallest absolute Gasteiger partial charge is 0.253 e. The molecule has 0 unspecified atom stereocenters. The van der Waals surface area contributed by atoms with Crippen LogP contribution in [0.4, 0.5) is 5.69 Å². The average molecular weight is 292 g/mol. The van der Waals surface area contributed by atoms with Gasteiger partial charge in [-0.05, 0) is 56.0 Å². The lowest BCUT2D eigenvalue weighted by molar-refractivity contribution is 1.09. The van der Waals surface area contributed by atoms with Crippen LogP contribution < -0.4 is 10.9 Å². The summed E-state index contributed by atoms with van der Waals surface area (Å²) in [4.78, 5) is 15.3. The molecule has 0 amide bonds. The zero-order chi connectivity index (χ0) is 15.7. The van der Waals surface area contributed by atoms with Crippen molar-refractivity contribution in [1.29, 1.82) is 0 Å². The van der Waals surface area contributed by atoms with Gasteiger partial charge in [0.05, 0.1) is 5.52 Å². The average Bonchev–Trinajstić information content (AvgIpc) is 2.48. The second kappa shape index (κ2) is 5.68. The second-order valence-corrected chi connectivity index (χ2v) is 5.89. The molecule has 3 aromatic rings. The zero-order valence-electron chi connectivity index (χ0n) is 13.2. The Bertz CT molecular complexity index is 876. The van der Waals surface area contributed by atoms with Crippen LogP contribution in [-0.4, -0.2) is 4.98 Å². The number of nitrogens with one attached hydrogen (secondary N) is 2. The van der Waals surface area contributed by atoms with Gasteiger partial charge in [0.2, 0.25) is 0 Å². The normalized spacial score (nSPS) is 10.9. The van der Waals surface area contributed by atoms with Crippen molar-refractivity contribution in [3.63, 3.8) is 0 Å². The molecule has 2 N–H and O–H groups in total. The largest absolute Gasteiger partial charge is 0.381 e. The molecular formula is C19H20N2O. The van der Waals surface area contributed by atoms with E-state index in [-0.39, 0.29) is 5.56 Å². The van der Waals surface area contributed by atoms with Crippen molar-refractivity contribution >= 4 is 16.6 Å². The Hall–Kier alpha value is -2.55. The van der Waals surface area contributed by atoms with Crippen molar-refractivity contribution < 1.29 is 0 Å². The maximum absolute atomic E-state index is 12.3. The summed E-state index contributed by atoms with van der Waals surface area (Å²) >= 11 is 0. The van der Waals surface area contributed by atoms with Crippen molar-refractivity contribution in [3.8, 4) is 0 Å². The van der Waals surface area contributed by atoms with Crippen LogP contribution in [0.2, 0.25) is 0 Å². The zero-order valence-corrected chi connectivity index (χ0v) is 13.2. The first-order valence-corrected chi connectivity index (χ1v) is 7.46. The van der Waals surface area contributed by atoms with E-state index in [1.807, 2.05) is 25.1 Å². The van der Waals surface area contributed by atoms with Crippen LogP contribution in [-0.2, 0) is 6.54 Å². The molecule has 3 rings (SSSR count). The van der Waals surface area contributed by atoms with Crippen molar-refractivity contribution in [1.82, 2.24) is 4.98 Å². The van der Waals surface area contributed by atoms with Crippen molar-refractivity contribution in [2.45, 2.75) is 27.3 Å². The van der Waals surface area contributed by atoms with E-state index >= 15 is 0 Å². The van der Waals surface area contributed by atoms with E-state index in [2.05, 4.69) is 48.4 Å². The highest BCUT2D eigenvalue weighted by Gasteiger charge is 2.05. The number of aryl methyl sites for hydroxylation is 3. The minimum Gasteiger partial charge on any atom is -0.381 e. The van der Waals surface area contributed by atoms with E-state index in [0.29, 0.717) is 6.54 Å². The van der Waals surface area contributed by atoms with Gasteiger partial charge in [0.1, 0.15) is 0 Å². The van der Waals surface area contributed by atoms with Gasteiger partial charge in [-0.15, -0.1) is 0 Å². The van der Waals surface area contributed by atoms with E-state index in [9.17, 15) is 4.79 Å². The number of rotatable bonds is 3. The van der Waals surface area contributed by atoms with Gasteiger partial charge in [0, 0.05) is 17.8 Å². The molecule has 0 fully saturated rings. The Morgan fingerprint density at radius 3 is 2.41 bits per heavy atom. The van der Waals surface area contributed by atoms with Gasteiger partial charge in [-0.2, -0.15) is 0 Å². The lowest BCUT2D eigenvalue weighted by Crippen LogP contribution is -2.16. The molecule has 3 nitrogen and oxygen atoms in total. The minimum absolute atomic E-state index is 0.0286. The van der Waals surface area contributed by atoms with Gasteiger partial charge in [-0.25, -0.2) is 0 Å². The number of hydrogen-bond donors (Lipinski definition) is 2. The fourth-order valence-electron chi connectivity index (χ4n) is 2.73. The quantitative estimate of drug-likeness (QED) is 0.764. The molecule has 0 bridgehead atoms. The van der Waals surface area contributed by atoms with Gasteiger partial charge in [-0.1, -0.05) is 29.3 Å². The highest BCUT2D eigenvalue weighted by Crippen LogP contribution is 2.18. The van der Waals surface area contributed by atoms with E-state index in [1.54, 1.807) is 0 Å². The summed E-state index contributed by atoms with van der Waals surface area (Å²) < 4.78 is 0. The topological polar surface area (TPSA) is 44.9 Å². The summed E-state index contributed by atoms with van der Waals surface area (Å²) in [6, 6.07) is 14.3. The highest BCUT2D eigenvalue weighted by atomic mass is 16.1. The van der Waals surface area contributed by atoms with Crippen LogP contribution in [0.25, 0.3) is 10.9 Å². The summed E-state index contributed by atoms with van der Waals surface area (Å²) in [6.45, 7) is 6.67. The molecule has 0 aliphatic carbocycles. The van der Waals surface area contributed by atoms with E-state index in [0.717, 1.165) is 27.7 Å². The van der Waals surface area contributed by atoms with Crippen LogP contribution in [0, 0.1) is 20.8 Å². The first-order chi connectivity index (χ1) is 10.5. The van der Waals surface area contributed by atoms with Crippen LogP contribution >= 0.6 is 0 Å². The van der Waals surface area contributed by atoms with E-state index in [1.165, 1.54) is 11.1 Å². The molecular weight excluding hydrogens is 272 g/mol. The van der Waals surface area contributed by atoms with Gasteiger partial charge < -0.3 is 10.3 Å². The predicted octanol–water partition coefficient (Wildman–Crippen LogP) is 4.07. The summed E-state index contributed by atoms with van der Waals surface area (Å²) in [6.07, 6.45) is 0. The van der Waals surface area contributed by atoms with Crippen LogP contribution in [0.15, 0.2) is 47.3 Å². The van der Waals surface area contributed by atoms with E-state index in [4.69, 9.17) is 0 Å². The molecule has 0 radical (unpaired) electrons. The molecule has 0 saturated carbocycles. The van der Waals surface area contributed by atoms with E-state index < -0.39 is 0 Å². The molecule has 1 aromatic heterocycles. The number of aromatic amines is 1. The number of anilines is 1. The van der Waals surface area contributed by atoms with Gasteiger partial charge in [0.25, 0.3) is 5.56 Å². The first-order valence-electron chi connectivity index (χ1n) is 7.46. The number of fused-ring (bicyclic) bond motifs is 1. The molecule has 2 aromatic carbocycles. The monoisotopic (exact) mass is 292 g/mol. The summed E-state index contributed by atoms with van der Waals surface area (Å²) in [5.74, 6) is 0. The molecule has 0 aliphatic rings. The third kappa shape index (κ3) is 2.89. The molecule has 22 heavy (non-hydrogen) atoms. The standard InChI is InChI=1S/C19H20N2O/c1-12-4-6-17(7-5-12)20-11-16-10-15-9-13(2)8-14(3)18(15)21-19(16)22/h4-10,20H,11H2,1-3H3,(H,21,22). The maximum atomic E-state index is 12.3. The van der Waals surface area contributed by atoms with Crippen LogP contribution in [0.5, 0.6) is 0 Å². The Morgan fingerprint density at radius 1 is 0.955 bits per heavy atom. The first kappa shape index (κ1) is 14.4. The van der Waals surface area contributed by atoms with Crippen LogP contribution in [0.1, 0.15) is 22.3 Å². The summed E-state index contributed by atoms with van der Waals surface area (Å²) in [7, 11) is 0. The minimum atomic E-state index is -0.0286. The number of H-pyrrole nitrogens is 1. The summed E-state index contributed by atoms with van der Waals surface area (Å²) in [5, 5.41) is 4.38. The molecule has 0 spiro atoms. The highest BCUT2D eigenvalue weighted by molar-refractivity contribution is 5.82. The van der Waals surface area contributed by atoms with Crippen LogP contribution in [0.3, 0.4) is 0 Å². The molecule has 0 atom stereocenters. The molecule has 0 saturated heterocycles. The van der Waals surface area contributed by atoms with Gasteiger partial charge in [0.15, 0.2) is 0 Å². The third-order valence-corrected chi connectivity index (χ3v) is 3.90.